The Hall–Kier alpha value is 0.871. The van der Waals surface area contributed by atoms with Gasteiger partial charge < -0.3 is 0 Å². The van der Waals surface area contributed by atoms with Crippen molar-refractivity contribution in [3.8, 4) is 0 Å². The average Bonchev–Trinajstić information content (AvgIpc) is 1.94. The summed E-state index contributed by atoms with van der Waals surface area (Å²) in [4.78, 5) is 0. The molecule has 1 aromatic rings. The van der Waals surface area contributed by atoms with Crippen LogP contribution in [0.15, 0.2) is 24.3 Å². The summed E-state index contributed by atoms with van der Waals surface area (Å²) in [5.41, 5.74) is 0.995. The molecule has 0 nitrogen and oxygen atoms in total. The van der Waals surface area contributed by atoms with Crippen molar-refractivity contribution in [1.82, 2.24) is 0 Å². The molecule has 0 bridgehead atoms. The van der Waals surface area contributed by atoms with E-state index in [0.29, 0.717) is 0 Å². The maximum absolute atomic E-state index is 9.67. The van der Waals surface area contributed by atoms with Crippen LogP contribution in [0.5, 0.6) is 0 Å². The molecule has 1 rings (SSSR count). The molecule has 0 aliphatic heterocycles. The van der Waals surface area contributed by atoms with Crippen molar-refractivity contribution in [2.75, 3.05) is 0 Å². The monoisotopic (exact) mass is 232 g/mol. The van der Waals surface area contributed by atoms with E-state index >= 15 is 0 Å². The van der Waals surface area contributed by atoms with E-state index in [1.807, 2.05) is 24.3 Å². The molecule has 0 heterocycles. The quantitative estimate of drug-likeness (QED) is 0.449. The maximum atomic E-state index is 9.67. The van der Waals surface area contributed by atoms with Crippen LogP contribution in [0.1, 0.15) is 5.56 Å². The van der Waals surface area contributed by atoms with E-state index in [9.17, 15) is 12.9 Å². The van der Waals surface area contributed by atoms with Crippen molar-refractivity contribution in [3.05, 3.63) is 41.8 Å². The smallest absolute Gasteiger partial charge is 0.254 e. The summed E-state index contributed by atoms with van der Waals surface area (Å²) >= 11 is 5.58. The summed E-state index contributed by atoms with van der Waals surface area (Å²) in [5.74, 6) is 0. The predicted molar refractivity (Wildman–Crippen MR) is 45.0 cm³/mol. The predicted octanol–water partition coefficient (Wildman–Crippen LogP) is 0.406. The van der Waals surface area contributed by atoms with Crippen molar-refractivity contribution < 1.29 is 64.3 Å². The Labute approximate surface area is 123 Å². The zero-order chi connectivity index (χ0) is 9.56. The van der Waals surface area contributed by atoms with Gasteiger partial charge in [0.15, 0.2) is 0 Å². The van der Waals surface area contributed by atoms with Gasteiger partial charge >= 0.3 is 58.9 Å². The fraction of sp³-hybridized carbons (Fsp3) is 0. The van der Waals surface area contributed by atoms with Crippen LogP contribution in [0.2, 0.25) is 5.02 Å². The number of benzene rings is 1. The fourth-order valence-electron chi connectivity index (χ4n) is 0.484. The van der Waals surface area contributed by atoms with Crippen molar-refractivity contribution in [2.45, 2.75) is 0 Å². The molecule has 0 saturated carbocycles. The molecule has 0 atom stereocenters. The van der Waals surface area contributed by atoms with Crippen LogP contribution < -0.4 is 51.4 Å². The summed E-state index contributed by atoms with van der Waals surface area (Å²) in [6.45, 7) is 3.70. The van der Waals surface area contributed by atoms with E-state index in [0.717, 1.165) is 10.6 Å². The molecule has 13 heavy (non-hydrogen) atoms. The van der Waals surface area contributed by atoms with Gasteiger partial charge in [-0.2, -0.15) is 24.6 Å². The Morgan fingerprint density at radius 2 is 1.38 bits per heavy atom. The van der Waals surface area contributed by atoms with Crippen molar-refractivity contribution in [1.29, 1.82) is 0 Å². The zero-order valence-corrected chi connectivity index (χ0v) is 11.0. The van der Waals surface area contributed by atoms with E-state index in [-0.39, 0.29) is 51.4 Å². The van der Waals surface area contributed by atoms with Crippen LogP contribution in [-0.4, -0.2) is 7.54 Å². The molecule has 0 aliphatic rings. The zero-order valence-electron chi connectivity index (χ0n) is 7.11. The van der Waals surface area contributed by atoms with E-state index in [1.54, 1.807) is 0 Å². The van der Waals surface area contributed by atoms with Crippen LogP contribution >= 0.6 is 11.6 Å². The summed E-state index contributed by atoms with van der Waals surface area (Å²) < 4.78 is 29.0. The number of rotatable bonds is 0. The van der Waals surface area contributed by atoms with Crippen molar-refractivity contribution in [3.63, 3.8) is 0 Å². The van der Waals surface area contributed by atoms with Crippen LogP contribution in [0.4, 0.5) is 12.9 Å². The van der Waals surface area contributed by atoms with Gasteiger partial charge in [-0.1, -0.05) is 23.7 Å². The Morgan fingerprint density at radius 3 is 1.62 bits per heavy atom. The van der Waals surface area contributed by atoms with E-state index in [2.05, 4.69) is 6.92 Å². The molecule has 0 unspecified atom stereocenters. The molecule has 0 N–H and O–H groups in total. The minimum Gasteiger partial charge on any atom is -0.254 e. The largest absolute Gasteiger partial charge is 1.00 e. The van der Waals surface area contributed by atoms with Crippen LogP contribution in [0.25, 0.3) is 0 Å². The average molecular weight is 232 g/mol. The van der Waals surface area contributed by atoms with Crippen LogP contribution in [0.3, 0.4) is 0 Å². The second kappa shape index (κ2) is 9.43. The van der Waals surface area contributed by atoms with Gasteiger partial charge in [-0.05, 0) is 0 Å². The fourth-order valence-corrected chi connectivity index (χ4v) is 0.610. The summed E-state index contributed by atoms with van der Waals surface area (Å²) in [7, 11) is -3.67. The van der Waals surface area contributed by atoms with E-state index in [1.165, 1.54) is 0 Å². The van der Waals surface area contributed by atoms with Crippen molar-refractivity contribution in [2.24, 2.45) is 0 Å². The Bertz CT molecular complexity index is 194. The first-order valence-electron chi connectivity index (χ1n) is 3.02. The third kappa shape index (κ3) is 12.9. The maximum Gasteiger partial charge on any atom is 1.00 e. The SMILES string of the molecule is FB(F)F.[CH2-]c1ccc(Cl)cc1.[K+]. The molecular formula is C7H6BClF3K. The molecule has 0 fully saturated rings. The Kier molecular flexibility index (Phi) is 11.8. The molecule has 0 aromatic heterocycles. The second-order valence-corrected chi connectivity index (χ2v) is 2.31. The van der Waals surface area contributed by atoms with Crippen LogP contribution in [0, 0.1) is 6.92 Å². The summed E-state index contributed by atoms with van der Waals surface area (Å²) in [5, 5.41) is 0.761. The van der Waals surface area contributed by atoms with Gasteiger partial charge in [-0.15, -0.1) is 0 Å². The van der Waals surface area contributed by atoms with Gasteiger partial charge in [-0.3, -0.25) is 12.9 Å². The first-order valence-corrected chi connectivity index (χ1v) is 3.40. The van der Waals surface area contributed by atoms with E-state index < -0.39 is 7.54 Å². The number of hydrogen-bond acceptors (Lipinski definition) is 0. The number of halogens is 4. The first kappa shape index (κ1) is 16.3. The first-order chi connectivity index (χ1) is 5.52. The molecular weight excluding hydrogens is 226 g/mol. The standard InChI is InChI=1S/C7H6Cl.BF3.K/c1-6-2-4-7(8)5-3-6;2-1(3)4;/h2-5H,1H2;;/q-1;;+1. The third-order valence-corrected chi connectivity index (χ3v) is 1.17. The second-order valence-electron chi connectivity index (χ2n) is 1.87. The molecule has 0 spiro atoms. The number of hydrogen-bond donors (Lipinski definition) is 0. The normalized spacial score (nSPS) is 7.69. The van der Waals surface area contributed by atoms with Gasteiger partial charge in [0, 0.05) is 5.02 Å². The van der Waals surface area contributed by atoms with Gasteiger partial charge in [0.2, 0.25) is 0 Å². The minimum absolute atomic E-state index is 0. The molecule has 66 valence electrons. The molecule has 0 radical (unpaired) electrons. The Morgan fingerprint density at radius 1 is 1.08 bits per heavy atom. The summed E-state index contributed by atoms with van der Waals surface area (Å²) in [6, 6.07) is 7.40. The van der Waals surface area contributed by atoms with Gasteiger partial charge in [-0.25, -0.2) is 0 Å². The summed E-state index contributed by atoms with van der Waals surface area (Å²) in [6.07, 6.45) is 0. The Balaban J connectivity index is 0. The van der Waals surface area contributed by atoms with Gasteiger partial charge in [0.25, 0.3) is 0 Å². The van der Waals surface area contributed by atoms with Gasteiger partial charge in [0.05, 0.1) is 0 Å². The van der Waals surface area contributed by atoms with E-state index in [4.69, 9.17) is 11.6 Å². The van der Waals surface area contributed by atoms with Crippen LogP contribution in [-0.2, 0) is 0 Å². The molecule has 0 amide bonds. The molecule has 0 saturated heterocycles. The van der Waals surface area contributed by atoms with Gasteiger partial charge in [0.1, 0.15) is 0 Å². The molecule has 0 aliphatic carbocycles. The molecule has 6 heteroatoms. The minimum atomic E-state index is -3.67. The third-order valence-electron chi connectivity index (χ3n) is 0.913. The van der Waals surface area contributed by atoms with Crippen molar-refractivity contribution >= 4 is 19.1 Å². The topological polar surface area (TPSA) is 0 Å². The molecule has 1 aromatic carbocycles.